The van der Waals surface area contributed by atoms with Crippen LogP contribution in [0.5, 0.6) is 0 Å². The Morgan fingerprint density at radius 1 is 1.16 bits per heavy atom. The Kier molecular flexibility index (Phi) is 7.79. The van der Waals surface area contributed by atoms with E-state index in [4.69, 9.17) is 9.15 Å². The number of carbonyl (C=O) groups excluding carboxylic acids is 2. The number of hydrogen-bond acceptors (Lipinski definition) is 7. The average Bonchev–Trinajstić information content (AvgIpc) is 3.45. The van der Waals surface area contributed by atoms with Crippen molar-refractivity contribution in [1.82, 2.24) is 19.8 Å². The fourth-order valence-corrected chi connectivity index (χ4v) is 3.87. The Labute approximate surface area is 181 Å². The fourth-order valence-electron chi connectivity index (χ4n) is 3.03. The lowest BCUT2D eigenvalue weighted by Crippen LogP contribution is -2.43. The number of methoxy groups -OCH3 is 1. The molecule has 10 nitrogen and oxygen atoms in total. The topological polar surface area (TPSA) is 125 Å². The van der Waals surface area contributed by atoms with Crippen molar-refractivity contribution in [1.29, 1.82) is 0 Å². The number of carbonyl (C=O) groups is 2. The number of ether oxygens (including phenoxy) is 1. The van der Waals surface area contributed by atoms with Crippen molar-refractivity contribution in [3.05, 3.63) is 56.4 Å². The van der Waals surface area contributed by atoms with E-state index >= 15 is 0 Å². The first kappa shape index (κ1) is 22.5. The van der Waals surface area contributed by atoms with Crippen molar-refractivity contribution in [2.45, 2.75) is 32.5 Å². The van der Waals surface area contributed by atoms with Crippen LogP contribution in [0.1, 0.15) is 18.6 Å². The molecule has 0 fully saturated rings. The number of nitrogens with zero attached hydrogens (tertiary/aromatic N) is 2. The molecule has 0 atom stereocenters. The zero-order chi connectivity index (χ0) is 22.2. The van der Waals surface area contributed by atoms with Crippen LogP contribution >= 0.6 is 11.3 Å². The lowest BCUT2D eigenvalue weighted by atomic mass is 10.3. The van der Waals surface area contributed by atoms with E-state index in [1.165, 1.54) is 22.2 Å². The number of thiophene rings is 1. The molecule has 0 aromatic carbocycles. The summed E-state index contributed by atoms with van der Waals surface area (Å²) in [6.07, 6.45) is 2.10. The van der Waals surface area contributed by atoms with Crippen molar-refractivity contribution in [3.63, 3.8) is 0 Å². The van der Waals surface area contributed by atoms with Gasteiger partial charge >= 0.3 is 5.69 Å². The van der Waals surface area contributed by atoms with Gasteiger partial charge in [0.2, 0.25) is 11.8 Å². The summed E-state index contributed by atoms with van der Waals surface area (Å²) in [5, 5.41) is 7.10. The molecule has 3 aromatic heterocycles. The van der Waals surface area contributed by atoms with E-state index in [2.05, 4.69) is 10.6 Å². The van der Waals surface area contributed by atoms with Gasteiger partial charge in [-0.1, -0.05) is 0 Å². The second kappa shape index (κ2) is 10.7. The minimum atomic E-state index is -0.623. The van der Waals surface area contributed by atoms with Gasteiger partial charge in [0, 0.05) is 33.2 Å². The van der Waals surface area contributed by atoms with Gasteiger partial charge in [-0.15, -0.1) is 11.3 Å². The van der Waals surface area contributed by atoms with Crippen molar-refractivity contribution in [2.75, 3.05) is 20.3 Å². The summed E-state index contributed by atoms with van der Waals surface area (Å²) >= 11 is 1.19. The van der Waals surface area contributed by atoms with Crippen LogP contribution in [-0.4, -0.2) is 41.2 Å². The largest absolute Gasteiger partial charge is 0.467 e. The molecule has 3 heterocycles. The number of amides is 2. The molecular formula is C20H24N4O6S. The predicted octanol–water partition coefficient (Wildman–Crippen LogP) is 0.677. The van der Waals surface area contributed by atoms with E-state index in [0.717, 1.165) is 4.57 Å². The molecule has 31 heavy (non-hydrogen) atoms. The molecule has 0 unspecified atom stereocenters. The van der Waals surface area contributed by atoms with E-state index in [1.807, 2.05) is 0 Å². The molecule has 0 aliphatic rings. The smallest absolute Gasteiger partial charge is 0.332 e. The van der Waals surface area contributed by atoms with Crippen LogP contribution in [-0.2, 0) is 34.0 Å². The van der Waals surface area contributed by atoms with Gasteiger partial charge < -0.3 is 19.8 Å². The average molecular weight is 449 g/mol. The van der Waals surface area contributed by atoms with E-state index in [9.17, 15) is 19.2 Å². The number of rotatable bonds is 11. The molecule has 3 aromatic rings. The second-order valence-electron chi connectivity index (χ2n) is 6.76. The second-order valence-corrected chi connectivity index (χ2v) is 7.68. The van der Waals surface area contributed by atoms with Crippen LogP contribution in [0, 0.1) is 0 Å². The molecule has 2 amide bonds. The molecule has 3 rings (SSSR count). The molecule has 0 spiro atoms. The molecule has 0 radical (unpaired) electrons. The highest BCUT2D eigenvalue weighted by atomic mass is 32.1. The van der Waals surface area contributed by atoms with E-state index in [1.54, 1.807) is 30.7 Å². The quantitative estimate of drug-likeness (QED) is 0.416. The van der Waals surface area contributed by atoms with Crippen LogP contribution in [0.25, 0.3) is 10.2 Å². The zero-order valence-electron chi connectivity index (χ0n) is 17.1. The predicted molar refractivity (Wildman–Crippen MR) is 115 cm³/mol. The lowest BCUT2D eigenvalue weighted by Gasteiger charge is -2.12. The highest BCUT2D eigenvalue weighted by Gasteiger charge is 2.17. The molecule has 0 aliphatic heterocycles. The first-order chi connectivity index (χ1) is 15.0. The number of furan rings is 1. The van der Waals surface area contributed by atoms with Crippen molar-refractivity contribution in [3.8, 4) is 0 Å². The summed E-state index contributed by atoms with van der Waals surface area (Å²) in [6, 6.07) is 5.09. The summed E-state index contributed by atoms with van der Waals surface area (Å²) in [5.74, 6) is -0.0621. The van der Waals surface area contributed by atoms with Crippen LogP contribution in [0.3, 0.4) is 0 Å². The third-order valence-electron chi connectivity index (χ3n) is 4.59. The molecule has 0 saturated heterocycles. The summed E-state index contributed by atoms with van der Waals surface area (Å²) in [6.45, 7) is 0.846. The fraction of sp³-hybridized carbons (Fsp3) is 0.400. The highest BCUT2D eigenvalue weighted by Crippen LogP contribution is 2.15. The van der Waals surface area contributed by atoms with Gasteiger partial charge in [-0.05, 0) is 30.0 Å². The summed E-state index contributed by atoms with van der Waals surface area (Å²) in [5.41, 5.74) is -0.682. The number of hydrogen-bond donors (Lipinski definition) is 2. The number of fused-ring (bicyclic) bond motifs is 1. The van der Waals surface area contributed by atoms with Crippen molar-refractivity contribution in [2.24, 2.45) is 0 Å². The van der Waals surface area contributed by atoms with Crippen molar-refractivity contribution >= 4 is 33.4 Å². The van der Waals surface area contributed by atoms with Gasteiger partial charge in [0.15, 0.2) is 0 Å². The maximum absolute atomic E-state index is 13.0. The number of aromatic nitrogens is 2. The first-order valence-electron chi connectivity index (χ1n) is 9.77. The minimum absolute atomic E-state index is 0.0596. The van der Waals surface area contributed by atoms with Gasteiger partial charge in [0.05, 0.1) is 18.3 Å². The lowest BCUT2D eigenvalue weighted by molar-refractivity contribution is -0.122. The van der Waals surface area contributed by atoms with Crippen LogP contribution < -0.4 is 21.9 Å². The van der Waals surface area contributed by atoms with Gasteiger partial charge in [-0.3, -0.25) is 23.5 Å². The molecule has 166 valence electrons. The van der Waals surface area contributed by atoms with E-state index in [-0.39, 0.29) is 37.9 Å². The first-order valence-corrected chi connectivity index (χ1v) is 10.6. The Bertz CT molecular complexity index is 1140. The molecule has 11 heteroatoms. The van der Waals surface area contributed by atoms with Crippen LogP contribution in [0.15, 0.2) is 43.8 Å². The van der Waals surface area contributed by atoms with Gasteiger partial charge in [0.1, 0.15) is 17.0 Å². The standard InChI is InChI=1S/C20H24N4O6S/c1-29-9-3-7-21-17(26)13-24-15-6-11-31-18(15)19(27)23(20(24)28)8-5-16(25)22-12-14-4-2-10-30-14/h2,4,6,10-11H,3,5,7-9,12-13H2,1H3,(H,21,26)(H,22,25). The molecule has 0 bridgehead atoms. The third-order valence-corrected chi connectivity index (χ3v) is 5.48. The normalized spacial score (nSPS) is 11.0. The Morgan fingerprint density at radius 2 is 2.00 bits per heavy atom. The van der Waals surface area contributed by atoms with Gasteiger partial charge in [-0.25, -0.2) is 4.79 Å². The molecular weight excluding hydrogens is 424 g/mol. The molecule has 0 aliphatic carbocycles. The minimum Gasteiger partial charge on any atom is -0.467 e. The summed E-state index contributed by atoms with van der Waals surface area (Å²) in [4.78, 5) is 50.1. The van der Waals surface area contributed by atoms with Crippen LogP contribution in [0.2, 0.25) is 0 Å². The Hall–Kier alpha value is -3.18. The Morgan fingerprint density at radius 3 is 2.74 bits per heavy atom. The summed E-state index contributed by atoms with van der Waals surface area (Å²) in [7, 11) is 1.58. The highest BCUT2D eigenvalue weighted by molar-refractivity contribution is 7.17. The van der Waals surface area contributed by atoms with Gasteiger partial charge in [-0.2, -0.15) is 0 Å². The van der Waals surface area contributed by atoms with Gasteiger partial charge in [0.25, 0.3) is 5.56 Å². The zero-order valence-corrected chi connectivity index (χ0v) is 17.9. The maximum Gasteiger partial charge on any atom is 0.332 e. The third kappa shape index (κ3) is 5.70. The Balaban J connectivity index is 1.72. The molecule has 2 N–H and O–H groups in total. The monoisotopic (exact) mass is 448 g/mol. The number of nitrogens with one attached hydrogen (secondary N) is 2. The van der Waals surface area contributed by atoms with E-state index < -0.39 is 11.2 Å². The molecule has 0 saturated carbocycles. The van der Waals surface area contributed by atoms with E-state index in [0.29, 0.717) is 35.5 Å². The summed E-state index contributed by atoms with van der Waals surface area (Å²) < 4.78 is 12.7. The van der Waals surface area contributed by atoms with Crippen molar-refractivity contribution < 1.29 is 18.7 Å². The maximum atomic E-state index is 13.0. The SMILES string of the molecule is COCCCNC(=O)Cn1c(=O)n(CCC(=O)NCc2ccco2)c(=O)c2sccc21. The van der Waals surface area contributed by atoms with Crippen LogP contribution in [0.4, 0.5) is 0 Å².